The Labute approximate surface area is 158 Å². The fourth-order valence-electron chi connectivity index (χ4n) is 2.34. The minimum Gasteiger partial charge on any atom is -0.455 e. The highest BCUT2D eigenvalue weighted by Crippen LogP contribution is 2.44. The molecule has 1 aromatic heterocycles. The third-order valence-corrected chi connectivity index (χ3v) is 7.03. The summed E-state index contributed by atoms with van der Waals surface area (Å²) in [4.78, 5) is 27.2. The van der Waals surface area contributed by atoms with Crippen LogP contribution in [0.1, 0.15) is 20.8 Å². The van der Waals surface area contributed by atoms with E-state index in [1.165, 1.54) is 28.4 Å². The van der Waals surface area contributed by atoms with Crippen LogP contribution in [0.4, 0.5) is 0 Å². The van der Waals surface area contributed by atoms with E-state index in [2.05, 4.69) is 15.4 Å². The summed E-state index contributed by atoms with van der Waals surface area (Å²) in [6.45, 7) is 5.41. The zero-order valence-electron chi connectivity index (χ0n) is 14.0. The molecule has 3 heterocycles. The Morgan fingerprint density at radius 3 is 2.92 bits per heavy atom. The molecular formula is C14H19N5O3S3. The molecule has 2 aliphatic heterocycles. The average molecular weight is 402 g/mol. The molecule has 1 unspecified atom stereocenters. The number of β-lactam (4-membered cyclic amide) rings is 1. The number of carbonyl (C=O) groups excluding carboxylic acids is 2. The number of rotatable bonds is 5. The second kappa shape index (κ2) is 7.22. The summed E-state index contributed by atoms with van der Waals surface area (Å²) in [6, 6.07) is -0.556. The Balaban J connectivity index is 1.78. The Morgan fingerprint density at radius 2 is 2.28 bits per heavy atom. The Kier molecular flexibility index (Phi) is 5.37. The van der Waals surface area contributed by atoms with Crippen molar-refractivity contribution >= 4 is 47.2 Å². The molecule has 0 aliphatic carbocycles. The molecule has 2 aliphatic rings. The quantitative estimate of drug-likeness (QED) is 0.327. The lowest BCUT2D eigenvalue weighted by Gasteiger charge is -2.48. The molecule has 1 saturated heterocycles. The van der Waals surface area contributed by atoms with Crippen molar-refractivity contribution in [1.82, 2.24) is 20.3 Å². The maximum Gasteiger partial charge on any atom is 0.356 e. The number of aromatic nitrogens is 3. The Hall–Kier alpha value is -1.17. The van der Waals surface area contributed by atoms with Crippen LogP contribution in [0.15, 0.2) is 21.8 Å². The molecular weight excluding hydrogens is 382 g/mol. The number of hydrogen-bond donors (Lipinski definition) is 2. The number of thioether (sulfide) groups is 3. The molecule has 3 N–H and O–H groups in total. The summed E-state index contributed by atoms with van der Waals surface area (Å²) < 4.78 is 5.51. The zero-order valence-corrected chi connectivity index (χ0v) is 16.5. The molecule has 1 amide bonds. The molecule has 0 radical (unpaired) electrons. The van der Waals surface area contributed by atoms with Crippen molar-refractivity contribution in [2.75, 3.05) is 10.8 Å². The summed E-state index contributed by atoms with van der Waals surface area (Å²) in [6.07, 6.45) is 1.64. The van der Waals surface area contributed by atoms with Crippen LogP contribution in [0.25, 0.3) is 0 Å². The first-order valence-corrected chi connectivity index (χ1v) is 10.6. The largest absolute Gasteiger partial charge is 0.455 e. The smallest absolute Gasteiger partial charge is 0.356 e. The van der Waals surface area contributed by atoms with E-state index in [0.29, 0.717) is 16.5 Å². The van der Waals surface area contributed by atoms with Crippen molar-refractivity contribution in [3.05, 3.63) is 16.8 Å². The summed E-state index contributed by atoms with van der Waals surface area (Å²) in [5, 5.41) is 11.5. The minimum absolute atomic E-state index is 0.191. The second-order valence-electron chi connectivity index (χ2n) is 6.44. The van der Waals surface area contributed by atoms with Gasteiger partial charge < -0.3 is 10.5 Å². The lowest BCUT2D eigenvalue weighted by molar-refractivity contribution is -0.157. The third kappa shape index (κ3) is 3.99. The van der Waals surface area contributed by atoms with Gasteiger partial charge in [-0.1, -0.05) is 17.0 Å². The fourth-order valence-corrected chi connectivity index (χ4v) is 5.87. The van der Waals surface area contributed by atoms with E-state index in [-0.39, 0.29) is 11.3 Å². The molecule has 8 nitrogen and oxygen atoms in total. The van der Waals surface area contributed by atoms with Crippen LogP contribution in [0.5, 0.6) is 0 Å². The van der Waals surface area contributed by atoms with E-state index >= 15 is 0 Å². The van der Waals surface area contributed by atoms with E-state index in [4.69, 9.17) is 10.5 Å². The predicted molar refractivity (Wildman–Crippen MR) is 98.6 cm³/mol. The van der Waals surface area contributed by atoms with Gasteiger partial charge in [0.15, 0.2) is 0 Å². The fraction of sp³-hybridized carbons (Fsp3) is 0.571. The van der Waals surface area contributed by atoms with Gasteiger partial charge in [-0.2, -0.15) is 0 Å². The summed E-state index contributed by atoms with van der Waals surface area (Å²) in [5.74, 6) is -0.0845. The van der Waals surface area contributed by atoms with Crippen LogP contribution in [0.2, 0.25) is 0 Å². The number of nitrogens with zero attached hydrogens (tertiary/aromatic N) is 3. The van der Waals surface area contributed by atoms with Crippen molar-refractivity contribution in [3.63, 3.8) is 0 Å². The number of carbonyl (C=O) groups is 2. The lowest BCUT2D eigenvalue weighted by Crippen LogP contribution is -2.68. The van der Waals surface area contributed by atoms with Gasteiger partial charge in [0.05, 0.1) is 6.20 Å². The van der Waals surface area contributed by atoms with Gasteiger partial charge in [-0.25, -0.2) is 4.79 Å². The van der Waals surface area contributed by atoms with E-state index in [1.807, 2.05) is 0 Å². The first-order valence-electron chi connectivity index (χ1n) is 7.56. The van der Waals surface area contributed by atoms with Crippen molar-refractivity contribution in [2.24, 2.45) is 5.73 Å². The summed E-state index contributed by atoms with van der Waals surface area (Å²) in [7, 11) is 0. The van der Waals surface area contributed by atoms with Crippen molar-refractivity contribution in [2.45, 2.75) is 42.8 Å². The number of esters is 1. The van der Waals surface area contributed by atoms with Gasteiger partial charge in [0.1, 0.15) is 27.7 Å². The van der Waals surface area contributed by atoms with Gasteiger partial charge in [-0.3, -0.25) is 14.8 Å². The molecule has 0 saturated carbocycles. The van der Waals surface area contributed by atoms with E-state index in [1.54, 1.807) is 38.7 Å². The second-order valence-corrected chi connectivity index (χ2v) is 9.99. The third-order valence-electron chi connectivity index (χ3n) is 3.41. The molecule has 0 spiro atoms. The number of fused-ring (bicyclic) bond motifs is 1. The molecule has 0 aromatic carbocycles. The minimum atomic E-state index is -0.633. The number of amides is 1. The van der Waals surface area contributed by atoms with Crippen LogP contribution in [0.3, 0.4) is 0 Å². The molecule has 25 heavy (non-hydrogen) atoms. The molecule has 136 valence electrons. The van der Waals surface area contributed by atoms with Crippen molar-refractivity contribution in [1.29, 1.82) is 0 Å². The van der Waals surface area contributed by atoms with E-state index in [0.717, 1.165) is 9.93 Å². The summed E-state index contributed by atoms with van der Waals surface area (Å²) >= 11 is 4.61. The van der Waals surface area contributed by atoms with Crippen LogP contribution in [-0.4, -0.2) is 60.0 Å². The van der Waals surface area contributed by atoms with Crippen LogP contribution in [0, 0.1) is 0 Å². The van der Waals surface area contributed by atoms with E-state index in [9.17, 15) is 9.59 Å². The van der Waals surface area contributed by atoms with Gasteiger partial charge in [0, 0.05) is 15.7 Å². The number of hydrogen-bond acceptors (Lipinski definition) is 9. The number of H-pyrrole nitrogens is 1. The maximum atomic E-state index is 12.7. The lowest BCUT2D eigenvalue weighted by atomic mass is 10.1. The normalized spacial score (nSPS) is 23.4. The molecule has 1 aromatic rings. The average Bonchev–Trinajstić information content (AvgIpc) is 3.05. The summed E-state index contributed by atoms with van der Waals surface area (Å²) in [5.41, 5.74) is 5.56. The SMILES string of the molecule is CC(C)(C)OC(=O)C1=C(SCSc2cnn[nH]2)CS[C@@H]2C(N)C(=O)N12. The molecule has 2 atom stereocenters. The van der Waals surface area contributed by atoms with Gasteiger partial charge in [-0.05, 0) is 20.8 Å². The highest BCUT2D eigenvalue weighted by atomic mass is 32.2. The van der Waals surface area contributed by atoms with Crippen LogP contribution >= 0.6 is 35.3 Å². The van der Waals surface area contributed by atoms with Crippen molar-refractivity contribution in [3.8, 4) is 0 Å². The highest BCUT2D eigenvalue weighted by molar-refractivity contribution is 8.18. The predicted octanol–water partition coefficient (Wildman–Crippen LogP) is 1.38. The highest BCUT2D eigenvalue weighted by Gasteiger charge is 2.52. The number of ether oxygens (including phenoxy) is 1. The Bertz CT molecular complexity index is 701. The standard InChI is InChI=1S/C14H19N5O3S3/c1-14(2,3)22-13(21)10-7(24-6-25-8-4-16-18-17-8)5-23-12-9(15)11(20)19(10)12/h4,9,12H,5-6,15H2,1-3H3,(H,16,17,18)/t9?,12-/m1/s1. The van der Waals surface area contributed by atoms with Gasteiger partial charge in [0.2, 0.25) is 5.91 Å². The molecule has 1 fully saturated rings. The van der Waals surface area contributed by atoms with Gasteiger partial charge >= 0.3 is 5.97 Å². The molecule has 11 heteroatoms. The monoisotopic (exact) mass is 401 g/mol. The van der Waals surface area contributed by atoms with Crippen molar-refractivity contribution < 1.29 is 14.3 Å². The number of nitrogens with one attached hydrogen (secondary N) is 1. The topological polar surface area (TPSA) is 114 Å². The van der Waals surface area contributed by atoms with Gasteiger partial charge in [0.25, 0.3) is 0 Å². The first kappa shape index (κ1) is 18.6. The Morgan fingerprint density at radius 1 is 1.52 bits per heavy atom. The van der Waals surface area contributed by atoms with Crippen LogP contribution < -0.4 is 5.73 Å². The van der Waals surface area contributed by atoms with Gasteiger partial charge in [-0.15, -0.1) is 28.6 Å². The molecule has 0 bridgehead atoms. The zero-order chi connectivity index (χ0) is 18.2. The maximum absolute atomic E-state index is 12.7. The number of aromatic amines is 1. The van der Waals surface area contributed by atoms with E-state index < -0.39 is 17.6 Å². The molecule has 3 rings (SSSR count). The first-order chi connectivity index (χ1) is 11.8. The number of nitrogens with two attached hydrogens (primary N) is 1. The van der Waals surface area contributed by atoms with Crippen LogP contribution in [-0.2, 0) is 14.3 Å².